The molecule has 1 heterocycles. The molecule has 0 spiro atoms. The van der Waals surface area contributed by atoms with Gasteiger partial charge in [0.1, 0.15) is 0 Å². The molecule has 0 unspecified atom stereocenters. The van der Waals surface area contributed by atoms with Crippen molar-refractivity contribution in [2.45, 2.75) is 6.18 Å². The van der Waals surface area contributed by atoms with E-state index in [0.717, 1.165) is 12.1 Å². The van der Waals surface area contributed by atoms with E-state index in [0.29, 0.717) is 5.56 Å². The minimum absolute atomic E-state index is 0.0614. The highest BCUT2D eigenvalue weighted by Crippen LogP contribution is 2.33. The number of hydrogen-bond acceptors (Lipinski definition) is 3. The summed E-state index contributed by atoms with van der Waals surface area (Å²) in [7, 11) is 0. The molecule has 7 heteroatoms. The first-order valence-electron chi connectivity index (χ1n) is 6.82. The Hall–Kier alpha value is -3.09. The lowest BCUT2D eigenvalue weighted by atomic mass is 10.1. The number of carbonyl (C=O) groups is 1. The standard InChI is InChI=1S/C17H10F3NO3/c18-17(19,20)13-6-2-3-10(8-13)14-9-21-15(24-14)11-4-1-5-12(7-11)16(22)23/h1-9H,(H,22,23). The van der Waals surface area contributed by atoms with Crippen LogP contribution >= 0.6 is 0 Å². The second kappa shape index (κ2) is 5.84. The van der Waals surface area contributed by atoms with Gasteiger partial charge in [-0.05, 0) is 30.3 Å². The van der Waals surface area contributed by atoms with Gasteiger partial charge in [-0.2, -0.15) is 13.2 Å². The zero-order valence-electron chi connectivity index (χ0n) is 12.0. The normalized spacial score (nSPS) is 11.5. The van der Waals surface area contributed by atoms with Crippen molar-refractivity contribution in [1.29, 1.82) is 0 Å². The third kappa shape index (κ3) is 3.15. The van der Waals surface area contributed by atoms with Gasteiger partial charge in [0, 0.05) is 11.1 Å². The fraction of sp³-hybridized carbons (Fsp3) is 0.0588. The molecule has 122 valence electrons. The zero-order chi connectivity index (χ0) is 17.3. The highest BCUT2D eigenvalue weighted by molar-refractivity contribution is 5.89. The molecule has 24 heavy (non-hydrogen) atoms. The molecule has 0 aliphatic rings. The third-order valence-electron chi connectivity index (χ3n) is 3.34. The lowest BCUT2D eigenvalue weighted by Gasteiger charge is -2.07. The van der Waals surface area contributed by atoms with E-state index in [1.165, 1.54) is 36.5 Å². The first-order chi connectivity index (χ1) is 11.3. The molecule has 0 radical (unpaired) electrons. The predicted octanol–water partition coefficient (Wildman–Crippen LogP) is 4.73. The number of benzene rings is 2. The molecule has 1 aromatic heterocycles. The molecule has 0 amide bonds. The number of halogens is 3. The van der Waals surface area contributed by atoms with Gasteiger partial charge in [-0.15, -0.1) is 0 Å². The fourth-order valence-electron chi connectivity index (χ4n) is 2.18. The minimum Gasteiger partial charge on any atom is -0.478 e. The molecule has 4 nitrogen and oxygen atoms in total. The molecular formula is C17H10F3NO3. The summed E-state index contributed by atoms with van der Waals surface area (Å²) in [6.07, 6.45) is -3.15. The molecule has 3 rings (SSSR count). The van der Waals surface area contributed by atoms with Crippen molar-refractivity contribution < 1.29 is 27.5 Å². The second-order valence-electron chi connectivity index (χ2n) is 4.99. The van der Waals surface area contributed by atoms with E-state index in [-0.39, 0.29) is 22.8 Å². The monoisotopic (exact) mass is 333 g/mol. The molecular weight excluding hydrogens is 323 g/mol. The Balaban J connectivity index is 1.97. The van der Waals surface area contributed by atoms with Crippen LogP contribution in [0.4, 0.5) is 13.2 Å². The van der Waals surface area contributed by atoms with Crippen LogP contribution < -0.4 is 0 Å². The van der Waals surface area contributed by atoms with Crippen molar-refractivity contribution in [3.63, 3.8) is 0 Å². The number of hydrogen-bond donors (Lipinski definition) is 1. The topological polar surface area (TPSA) is 63.3 Å². The molecule has 0 saturated heterocycles. The molecule has 0 atom stereocenters. The number of aromatic nitrogens is 1. The highest BCUT2D eigenvalue weighted by atomic mass is 19.4. The highest BCUT2D eigenvalue weighted by Gasteiger charge is 2.30. The summed E-state index contributed by atoms with van der Waals surface area (Å²) >= 11 is 0. The van der Waals surface area contributed by atoms with Crippen LogP contribution in [0.25, 0.3) is 22.8 Å². The molecule has 1 N–H and O–H groups in total. The van der Waals surface area contributed by atoms with E-state index < -0.39 is 17.7 Å². The second-order valence-corrected chi connectivity index (χ2v) is 4.99. The first kappa shape index (κ1) is 15.8. The van der Waals surface area contributed by atoms with Crippen LogP contribution in [0.1, 0.15) is 15.9 Å². The lowest BCUT2D eigenvalue weighted by molar-refractivity contribution is -0.137. The summed E-state index contributed by atoms with van der Waals surface area (Å²) in [6.45, 7) is 0. The van der Waals surface area contributed by atoms with Crippen molar-refractivity contribution in [3.8, 4) is 22.8 Å². The van der Waals surface area contributed by atoms with Gasteiger partial charge in [-0.25, -0.2) is 9.78 Å². The fourth-order valence-corrected chi connectivity index (χ4v) is 2.18. The average Bonchev–Trinajstić information content (AvgIpc) is 3.04. The van der Waals surface area contributed by atoms with Crippen molar-refractivity contribution in [1.82, 2.24) is 4.98 Å². The van der Waals surface area contributed by atoms with Gasteiger partial charge in [-0.1, -0.05) is 18.2 Å². The summed E-state index contributed by atoms with van der Waals surface area (Å²) in [6, 6.07) is 10.6. The predicted molar refractivity (Wildman–Crippen MR) is 79.3 cm³/mol. The Labute approximate surface area is 134 Å². The Kier molecular flexibility index (Phi) is 3.84. The van der Waals surface area contributed by atoms with Gasteiger partial charge in [0.2, 0.25) is 5.89 Å². The summed E-state index contributed by atoms with van der Waals surface area (Å²) in [4.78, 5) is 15.0. The smallest absolute Gasteiger partial charge is 0.416 e. The van der Waals surface area contributed by atoms with Crippen LogP contribution in [0.15, 0.2) is 59.1 Å². The van der Waals surface area contributed by atoms with Crippen LogP contribution in [-0.4, -0.2) is 16.1 Å². The SMILES string of the molecule is O=C(O)c1cccc(-c2ncc(-c3cccc(C(F)(F)F)c3)o2)c1. The minimum atomic E-state index is -4.45. The zero-order valence-corrected chi connectivity index (χ0v) is 12.0. The number of nitrogens with zero attached hydrogens (tertiary/aromatic N) is 1. The number of alkyl halides is 3. The van der Waals surface area contributed by atoms with E-state index >= 15 is 0 Å². The van der Waals surface area contributed by atoms with Gasteiger partial charge < -0.3 is 9.52 Å². The number of aromatic carboxylic acids is 1. The maximum absolute atomic E-state index is 12.8. The molecule has 0 bridgehead atoms. The number of rotatable bonds is 3. The molecule has 0 aliphatic carbocycles. The van der Waals surface area contributed by atoms with Crippen LogP contribution in [0.2, 0.25) is 0 Å². The molecule has 3 aromatic rings. The molecule has 0 saturated carbocycles. The quantitative estimate of drug-likeness (QED) is 0.753. The summed E-state index contributed by atoms with van der Waals surface area (Å²) < 4.78 is 43.8. The summed E-state index contributed by atoms with van der Waals surface area (Å²) in [5.74, 6) is -0.802. The first-order valence-corrected chi connectivity index (χ1v) is 6.82. The van der Waals surface area contributed by atoms with Crippen LogP contribution in [-0.2, 0) is 6.18 Å². The van der Waals surface area contributed by atoms with Crippen LogP contribution in [0, 0.1) is 0 Å². The third-order valence-corrected chi connectivity index (χ3v) is 3.34. The summed E-state index contributed by atoms with van der Waals surface area (Å²) in [5, 5.41) is 8.99. The Morgan fingerprint density at radius 1 is 1.04 bits per heavy atom. The summed E-state index contributed by atoms with van der Waals surface area (Å²) in [5.41, 5.74) is -0.0665. The van der Waals surface area contributed by atoms with E-state index in [9.17, 15) is 18.0 Å². The van der Waals surface area contributed by atoms with E-state index in [1.807, 2.05) is 0 Å². The molecule has 0 fully saturated rings. The Morgan fingerprint density at radius 3 is 2.46 bits per heavy atom. The van der Waals surface area contributed by atoms with Gasteiger partial charge in [0.25, 0.3) is 0 Å². The van der Waals surface area contributed by atoms with Gasteiger partial charge in [-0.3, -0.25) is 0 Å². The number of carboxylic acids is 1. The number of oxazole rings is 1. The van der Waals surface area contributed by atoms with E-state index in [4.69, 9.17) is 9.52 Å². The van der Waals surface area contributed by atoms with Gasteiger partial charge in [0.15, 0.2) is 5.76 Å². The lowest BCUT2D eigenvalue weighted by Crippen LogP contribution is -2.04. The molecule has 2 aromatic carbocycles. The number of carboxylic acid groups (broad SMARTS) is 1. The van der Waals surface area contributed by atoms with Crippen molar-refractivity contribution >= 4 is 5.97 Å². The largest absolute Gasteiger partial charge is 0.478 e. The van der Waals surface area contributed by atoms with Crippen molar-refractivity contribution in [2.75, 3.05) is 0 Å². The van der Waals surface area contributed by atoms with Crippen LogP contribution in [0.3, 0.4) is 0 Å². The van der Waals surface area contributed by atoms with Gasteiger partial charge in [0.05, 0.1) is 17.3 Å². The van der Waals surface area contributed by atoms with Crippen molar-refractivity contribution in [2.24, 2.45) is 0 Å². The average molecular weight is 333 g/mol. The maximum Gasteiger partial charge on any atom is 0.416 e. The Bertz CT molecular complexity index is 900. The maximum atomic E-state index is 12.8. The van der Waals surface area contributed by atoms with E-state index in [2.05, 4.69) is 4.98 Å². The Morgan fingerprint density at radius 2 is 1.75 bits per heavy atom. The van der Waals surface area contributed by atoms with E-state index in [1.54, 1.807) is 6.07 Å². The van der Waals surface area contributed by atoms with Crippen molar-refractivity contribution in [3.05, 3.63) is 65.9 Å². The van der Waals surface area contributed by atoms with Gasteiger partial charge >= 0.3 is 12.1 Å². The molecule has 0 aliphatic heterocycles. The van der Waals surface area contributed by atoms with Crippen LogP contribution in [0.5, 0.6) is 0 Å².